The van der Waals surface area contributed by atoms with Gasteiger partial charge in [-0.05, 0) is 31.6 Å². The Bertz CT molecular complexity index is 319. The normalized spacial score (nSPS) is 35.5. The van der Waals surface area contributed by atoms with Crippen LogP contribution in [0.5, 0.6) is 0 Å². The lowest BCUT2D eigenvalue weighted by Gasteiger charge is -2.40. The van der Waals surface area contributed by atoms with Crippen LogP contribution >= 0.6 is 0 Å². The summed E-state index contributed by atoms with van der Waals surface area (Å²) in [5.74, 6) is 1.19. The van der Waals surface area contributed by atoms with E-state index in [4.69, 9.17) is 0 Å². The molecule has 19 heavy (non-hydrogen) atoms. The van der Waals surface area contributed by atoms with Crippen LogP contribution < -0.4 is 5.43 Å². The van der Waals surface area contributed by atoms with E-state index >= 15 is 0 Å². The van der Waals surface area contributed by atoms with Gasteiger partial charge in [0, 0.05) is 12.1 Å². The molecular weight excluding hydrogens is 236 g/mol. The fourth-order valence-electron chi connectivity index (χ4n) is 4.50. The molecular formula is C16H28N2O. The number of hydrogen-bond acceptors (Lipinski definition) is 2. The molecule has 2 aliphatic carbocycles. The Morgan fingerprint density at radius 1 is 0.947 bits per heavy atom. The summed E-state index contributed by atoms with van der Waals surface area (Å²) in [5.41, 5.74) is 3.22. The molecule has 0 aromatic carbocycles. The van der Waals surface area contributed by atoms with E-state index < -0.39 is 0 Å². The minimum atomic E-state index is 0.185. The van der Waals surface area contributed by atoms with Gasteiger partial charge in [-0.2, -0.15) is 0 Å². The van der Waals surface area contributed by atoms with E-state index in [2.05, 4.69) is 17.4 Å². The first-order valence-corrected chi connectivity index (χ1v) is 8.36. The number of hydrogen-bond donors (Lipinski definition) is 1. The number of amides is 1. The summed E-state index contributed by atoms with van der Waals surface area (Å²) in [4.78, 5) is 12.1. The third-order valence-corrected chi connectivity index (χ3v) is 5.59. The molecule has 0 radical (unpaired) electrons. The summed E-state index contributed by atoms with van der Waals surface area (Å²) in [6.07, 6.45) is 13.4. The molecule has 1 aliphatic heterocycles. The van der Waals surface area contributed by atoms with Crippen molar-refractivity contribution in [2.45, 2.75) is 83.2 Å². The van der Waals surface area contributed by atoms with Crippen LogP contribution in [0, 0.1) is 11.8 Å². The van der Waals surface area contributed by atoms with E-state index in [1.165, 1.54) is 64.2 Å². The molecule has 2 unspecified atom stereocenters. The van der Waals surface area contributed by atoms with Crippen molar-refractivity contribution < 1.29 is 4.79 Å². The largest absolute Gasteiger partial charge is 0.288 e. The predicted molar refractivity (Wildman–Crippen MR) is 76.4 cm³/mol. The zero-order valence-electron chi connectivity index (χ0n) is 12.2. The molecule has 0 aromatic heterocycles. The van der Waals surface area contributed by atoms with Crippen LogP contribution in [0.15, 0.2) is 0 Å². The second-order valence-electron chi connectivity index (χ2n) is 6.85. The van der Waals surface area contributed by atoms with E-state index in [-0.39, 0.29) is 11.8 Å². The first-order chi connectivity index (χ1) is 9.27. The molecule has 1 N–H and O–H groups in total. The number of carbonyl (C=O) groups excluding carboxylic acids is 1. The van der Waals surface area contributed by atoms with Gasteiger partial charge >= 0.3 is 0 Å². The quantitative estimate of drug-likeness (QED) is 0.830. The van der Waals surface area contributed by atoms with Crippen molar-refractivity contribution in [3.63, 3.8) is 0 Å². The minimum absolute atomic E-state index is 0.185. The Hall–Kier alpha value is -0.570. The first-order valence-electron chi connectivity index (χ1n) is 8.36. The number of carbonyl (C=O) groups is 1. The van der Waals surface area contributed by atoms with E-state index in [1.54, 1.807) is 0 Å². The van der Waals surface area contributed by atoms with Crippen LogP contribution in [0.2, 0.25) is 0 Å². The van der Waals surface area contributed by atoms with Crippen molar-refractivity contribution in [2.24, 2.45) is 11.8 Å². The Labute approximate surface area is 117 Å². The van der Waals surface area contributed by atoms with Crippen molar-refractivity contribution in [3.8, 4) is 0 Å². The molecule has 3 rings (SSSR count). The molecule has 3 nitrogen and oxygen atoms in total. The molecule has 108 valence electrons. The first kappa shape index (κ1) is 13.4. The van der Waals surface area contributed by atoms with Gasteiger partial charge in [0.05, 0.1) is 5.92 Å². The topological polar surface area (TPSA) is 32.3 Å². The van der Waals surface area contributed by atoms with Crippen LogP contribution in [0.25, 0.3) is 0 Å². The Balaban J connectivity index is 1.74. The fraction of sp³-hybridized carbons (Fsp3) is 0.938. The SMILES string of the molecule is CC1C(=O)NN(C2CCCCC2)C1C1CCCCC1. The number of rotatable bonds is 2. The van der Waals surface area contributed by atoms with Crippen molar-refractivity contribution >= 4 is 5.91 Å². The summed E-state index contributed by atoms with van der Waals surface area (Å²) in [6, 6.07) is 1.07. The maximum absolute atomic E-state index is 12.1. The van der Waals surface area contributed by atoms with Crippen molar-refractivity contribution in [3.05, 3.63) is 0 Å². The molecule has 0 aromatic rings. The summed E-state index contributed by atoms with van der Waals surface area (Å²) >= 11 is 0. The zero-order valence-corrected chi connectivity index (χ0v) is 12.2. The van der Waals surface area contributed by atoms with Gasteiger partial charge in [-0.3, -0.25) is 10.2 Å². The number of nitrogens with zero attached hydrogens (tertiary/aromatic N) is 1. The molecule has 3 fully saturated rings. The molecule has 0 spiro atoms. The summed E-state index contributed by atoms with van der Waals surface area (Å²) in [6.45, 7) is 2.14. The van der Waals surface area contributed by atoms with Crippen molar-refractivity contribution in [2.75, 3.05) is 0 Å². The fourth-order valence-corrected chi connectivity index (χ4v) is 4.50. The van der Waals surface area contributed by atoms with Crippen LogP contribution in [0.4, 0.5) is 0 Å². The van der Waals surface area contributed by atoms with Gasteiger partial charge in [0.1, 0.15) is 0 Å². The van der Waals surface area contributed by atoms with Gasteiger partial charge in [0.15, 0.2) is 0 Å². The molecule has 1 saturated heterocycles. The Kier molecular flexibility index (Phi) is 4.11. The van der Waals surface area contributed by atoms with Gasteiger partial charge in [-0.15, -0.1) is 0 Å². The van der Waals surface area contributed by atoms with E-state index in [9.17, 15) is 4.79 Å². The maximum atomic E-state index is 12.1. The summed E-state index contributed by atoms with van der Waals surface area (Å²) < 4.78 is 0. The highest BCUT2D eigenvalue weighted by Crippen LogP contribution is 2.37. The zero-order chi connectivity index (χ0) is 13.2. The maximum Gasteiger partial charge on any atom is 0.238 e. The summed E-state index contributed by atoms with van der Waals surface area (Å²) in [5, 5.41) is 2.39. The number of hydrazine groups is 1. The van der Waals surface area contributed by atoms with E-state index in [1.807, 2.05) is 0 Å². The standard InChI is InChI=1S/C16H28N2O/c1-12-15(13-8-4-2-5-9-13)18(17-16(12)19)14-10-6-3-7-11-14/h12-15H,2-11H2,1H3,(H,17,19). The van der Waals surface area contributed by atoms with Gasteiger partial charge in [-0.25, -0.2) is 5.01 Å². The molecule has 3 heteroatoms. The Morgan fingerprint density at radius 2 is 1.53 bits per heavy atom. The average molecular weight is 264 g/mol. The second-order valence-corrected chi connectivity index (χ2v) is 6.85. The van der Waals surface area contributed by atoms with Gasteiger partial charge in [-0.1, -0.05) is 45.4 Å². The molecule has 1 amide bonds. The second kappa shape index (κ2) is 5.82. The van der Waals surface area contributed by atoms with E-state index in [0.717, 1.165) is 5.92 Å². The lowest BCUT2D eigenvalue weighted by Crippen LogP contribution is -2.50. The highest BCUT2D eigenvalue weighted by Gasteiger charge is 2.45. The molecule has 1 heterocycles. The summed E-state index contributed by atoms with van der Waals surface area (Å²) in [7, 11) is 0. The number of nitrogens with one attached hydrogen (secondary N) is 1. The highest BCUT2D eigenvalue weighted by molar-refractivity contribution is 5.80. The van der Waals surface area contributed by atoms with Gasteiger partial charge in [0.25, 0.3) is 0 Å². The van der Waals surface area contributed by atoms with Crippen LogP contribution in [-0.2, 0) is 4.79 Å². The van der Waals surface area contributed by atoms with Crippen molar-refractivity contribution in [1.29, 1.82) is 0 Å². The van der Waals surface area contributed by atoms with Gasteiger partial charge < -0.3 is 0 Å². The van der Waals surface area contributed by atoms with Crippen LogP contribution in [-0.4, -0.2) is 23.0 Å². The minimum Gasteiger partial charge on any atom is -0.288 e. The Morgan fingerprint density at radius 3 is 2.16 bits per heavy atom. The third-order valence-electron chi connectivity index (χ3n) is 5.59. The average Bonchev–Trinajstić information content (AvgIpc) is 2.77. The van der Waals surface area contributed by atoms with Gasteiger partial charge in [0.2, 0.25) is 5.91 Å². The molecule has 0 bridgehead atoms. The molecule has 2 saturated carbocycles. The third kappa shape index (κ3) is 2.67. The van der Waals surface area contributed by atoms with Crippen LogP contribution in [0.1, 0.15) is 71.1 Å². The van der Waals surface area contributed by atoms with Crippen LogP contribution in [0.3, 0.4) is 0 Å². The van der Waals surface area contributed by atoms with Crippen molar-refractivity contribution in [1.82, 2.24) is 10.4 Å². The monoisotopic (exact) mass is 264 g/mol. The van der Waals surface area contributed by atoms with E-state index in [0.29, 0.717) is 12.1 Å². The molecule has 2 atom stereocenters. The molecule has 3 aliphatic rings. The predicted octanol–water partition coefficient (Wildman–Crippen LogP) is 3.25. The highest BCUT2D eigenvalue weighted by atomic mass is 16.2. The lowest BCUT2D eigenvalue weighted by atomic mass is 9.78. The smallest absolute Gasteiger partial charge is 0.238 e. The lowest BCUT2D eigenvalue weighted by molar-refractivity contribution is -0.123.